The van der Waals surface area contributed by atoms with Gasteiger partial charge in [-0.2, -0.15) is 13.9 Å². The Morgan fingerprint density at radius 1 is 1.34 bits per heavy atom. The highest BCUT2D eigenvalue weighted by molar-refractivity contribution is 7.55. The standard InChI is InChI=1S/C23H28ClN2O8P/c1-23(2)32-19-18(31-22(20(19)33-23)26-9-4-6-15(12-26)21(25)27)13-30-35(28)29-10-8-17(34-35)14-5-3-7-16(24)11-14/h3-5,7,9,11-12,17-20,22,28H,6,8,10,13H2,1-2H3,(H-,25,27)/p+1/t17?,18?,19-,20-,22-,35?/m1/s1. The minimum Gasteiger partial charge on any atom is -0.366 e. The van der Waals surface area contributed by atoms with Gasteiger partial charge < -0.3 is 24.8 Å². The SMILES string of the molecule is CC1(C)O[C@@H]2[C@H](O1)C(CO[P+]1(O)OCCC(c3cccc(Cl)c3)O1)O[C@H]2N1C=CCC(C(N)=O)=C1. The molecule has 0 bridgehead atoms. The van der Waals surface area contributed by atoms with Gasteiger partial charge in [-0.3, -0.25) is 4.79 Å². The van der Waals surface area contributed by atoms with Crippen molar-refractivity contribution in [3.63, 3.8) is 0 Å². The summed E-state index contributed by atoms with van der Waals surface area (Å²) in [6.07, 6.45) is 3.78. The van der Waals surface area contributed by atoms with Gasteiger partial charge in [-0.05, 0) is 38.0 Å². The summed E-state index contributed by atoms with van der Waals surface area (Å²) < 4.78 is 35.6. The molecule has 0 aliphatic carbocycles. The van der Waals surface area contributed by atoms with Gasteiger partial charge in [-0.1, -0.05) is 29.8 Å². The third kappa shape index (κ3) is 5.41. The summed E-state index contributed by atoms with van der Waals surface area (Å²) in [6, 6.07) is 7.28. The van der Waals surface area contributed by atoms with Crippen molar-refractivity contribution < 1.29 is 37.5 Å². The number of carbonyl (C=O) groups excluding carboxylic acids is 1. The molecule has 1 aromatic carbocycles. The Balaban J connectivity index is 1.28. The maximum atomic E-state index is 11.7. The molecule has 0 radical (unpaired) electrons. The number of ether oxygens (including phenoxy) is 3. The molecule has 0 aromatic heterocycles. The maximum absolute atomic E-state index is 11.7. The fourth-order valence-corrected chi connectivity index (χ4v) is 6.24. The van der Waals surface area contributed by atoms with Crippen LogP contribution < -0.4 is 5.73 Å². The smallest absolute Gasteiger partial charge is 0.366 e. The van der Waals surface area contributed by atoms with Crippen LogP contribution >= 0.6 is 19.8 Å². The molecular formula is C23H29ClN2O8P+. The highest BCUT2D eigenvalue weighted by Gasteiger charge is 2.59. The number of hydrogen-bond donors (Lipinski definition) is 2. The number of carbonyl (C=O) groups is 1. The number of nitrogens with two attached hydrogens (primary N) is 1. The molecule has 5 rings (SSSR count). The zero-order valence-electron chi connectivity index (χ0n) is 19.4. The molecule has 190 valence electrons. The van der Waals surface area contributed by atoms with E-state index in [0.717, 1.165) is 5.56 Å². The maximum Gasteiger partial charge on any atom is 0.573 e. The van der Waals surface area contributed by atoms with Crippen molar-refractivity contribution in [2.24, 2.45) is 5.73 Å². The van der Waals surface area contributed by atoms with Crippen molar-refractivity contribution >= 4 is 25.7 Å². The molecule has 1 amide bonds. The Morgan fingerprint density at radius 3 is 2.91 bits per heavy atom. The summed E-state index contributed by atoms with van der Waals surface area (Å²) >= 11 is 6.11. The Labute approximate surface area is 209 Å². The van der Waals surface area contributed by atoms with Crippen LogP contribution in [-0.4, -0.2) is 59.2 Å². The third-order valence-corrected chi connectivity index (χ3v) is 7.91. The molecule has 4 heterocycles. The lowest BCUT2D eigenvalue weighted by Gasteiger charge is -2.31. The summed E-state index contributed by atoms with van der Waals surface area (Å²) in [4.78, 5) is 24.4. The number of allylic oxidation sites excluding steroid dienone is 1. The first-order chi connectivity index (χ1) is 16.6. The molecule has 0 saturated carbocycles. The number of amides is 1. The van der Waals surface area contributed by atoms with E-state index < -0.39 is 50.5 Å². The average molecular weight is 528 g/mol. The van der Waals surface area contributed by atoms with Gasteiger partial charge in [0, 0.05) is 29.4 Å². The molecule has 3 saturated heterocycles. The Kier molecular flexibility index (Phi) is 6.95. The summed E-state index contributed by atoms with van der Waals surface area (Å²) in [5.41, 5.74) is 6.76. The first-order valence-corrected chi connectivity index (χ1v) is 13.3. The number of primary amides is 1. The number of hydrogen-bond acceptors (Lipinski definition) is 9. The van der Waals surface area contributed by atoms with Crippen molar-refractivity contribution in [1.82, 2.24) is 4.90 Å². The van der Waals surface area contributed by atoms with Gasteiger partial charge in [-0.15, -0.1) is 4.52 Å². The van der Waals surface area contributed by atoms with Crippen molar-refractivity contribution in [3.05, 3.63) is 58.9 Å². The lowest BCUT2D eigenvalue weighted by Crippen LogP contribution is -2.40. The van der Waals surface area contributed by atoms with Gasteiger partial charge in [0.25, 0.3) is 0 Å². The van der Waals surface area contributed by atoms with Gasteiger partial charge in [0.15, 0.2) is 12.0 Å². The number of nitrogens with zero attached hydrogens (tertiary/aromatic N) is 1. The van der Waals surface area contributed by atoms with Crippen LogP contribution in [0.2, 0.25) is 5.02 Å². The van der Waals surface area contributed by atoms with E-state index in [9.17, 15) is 9.69 Å². The zero-order chi connectivity index (χ0) is 24.8. The molecule has 6 atom stereocenters. The van der Waals surface area contributed by atoms with Gasteiger partial charge in [-0.25, -0.2) is 0 Å². The molecular weight excluding hydrogens is 499 g/mol. The average Bonchev–Trinajstić information content (AvgIpc) is 3.30. The van der Waals surface area contributed by atoms with Gasteiger partial charge in [0.05, 0.1) is 0 Å². The Hall–Kier alpha value is -1.59. The quantitative estimate of drug-likeness (QED) is 0.536. The second kappa shape index (κ2) is 9.70. The molecule has 0 spiro atoms. The van der Waals surface area contributed by atoms with Crippen molar-refractivity contribution in [2.75, 3.05) is 13.2 Å². The fourth-order valence-electron chi connectivity index (χ4n) is 4.62. The molecule has 10 nitrogen and oxygen atoms in total. The number of rotatable bonds is 6. The normalized spacial score (nSPS) is 36.2. The second-order valence-corrected chi connectivity index (χ2v) is 11.3. The van der Waals surface area contributed by atoms with E-state index in [4.69, 9.17) is 45.1 Å². The Morgan fingerprint density at radius 2 is 2.14 bits per heavy atom. The lowest BCUT2D eigenvalue weighted by molar-refractivity contribution is -0.202. The molecule has 4 aliphatic heterocycles. The topological polar surface area (TPSA) is 122 Å². The highest BCUT2D eigenvalue weighted by atomic mass is 35.5. The summed E-state index contributed by atoms with van der Waals surface area (Å²) in [5, 5.41) is 0.582. The van der Waals surface area contributed by atoms with Crippen LogP contribution in [0, 0.1) is 0 Å². The molecule has 3 N–H and O–H groups in total. The van der Waals surface area contributed by atoms with Crippen LogP contribution in [0.25, 0.3) is 0 Å². The number of benzene rings is 1. The molecule has 3 fully saturated rings. The highest BCUT2D eigenvalue weighted by Crippen LogP contribution is 2.64. The number of halogens is 1. The largest absolute Gasteiger partial charge is 0.573 e. The van der Waals surface area contributed by atoms with E-state index in [2.05, 4.69) is 0 Å². The van der Waals surface area contributed by atoms with Crippen molar-refractivity contribution in [1.29, 1.82) is 0 Å². The van der Waals surface area contributed by atoms with Crippen LogP contribution in [0.4, 0.5) is 0 Å². The summed E-state index contributed by atoms with van der Waals surface area (Å²) in [6.45, 7) is 3.86. The van der Waals surface area contributed by atoms with Crippen molar-refractivity contribution in [2.45, 2.75) is 63.1 Å². The van der Waals surface area contributed by atoms with E-state index in [1.165, 1.54) is 0 Å². The molecule has 3 unspecified atom stereocenters. The van der Waals surface area contributed by atoms with E-state index in [0.29, 0.717) is 23.4 Å². The first-order valence-electron chi connectivity index (χ1n) is 11.4. The number of fused-ring (bicyclic) bond motifs is 1. The molecule has 4 aliphatic rings. The van der Waals surface area contributed by atoms with Crippen LogP contribution in [0.3, 0.4) is 0 Å². The second-order valence-electron chi connectivity index (χ2n) is 9.22. The van der Waals surface area contributed by atoms with Crippen LogP contribution in [0.15, 0.2) is 48.3 Å². The van der Waals surface area contributed by atoms with Crippen LogP contribution in [0.1, 0.15) is 38.4 Å². The predicted octanol–water partition coefficient (Wildman–Crippen LogP) is 3.34. The van der Waals surface area contributed by atoms with Crippen LogP contribution in [-0.2, 0) is 32.6 Å². The van der Waals surface area contributed by atoms with Gasteiger partial charge in [0.2, 0.25) is 5.91 Å². The Bertz CT molecular complexity index is 1040. The van der Waals surface area contributed by atoms with Gasteiger partial charge >= 0.3 is 8.17 Å². The molecule has 12 heteroatoms. The van der Waals surface area contributed by atoms with E-state index in [1.807, 2.05) is 38.3 Å². The van der Waals surface area contributed by atoms with Crippen LogP contribution in [0.5, 0.6) is 0 Å². The predicted molar refractivity (Wildman–Crippen MR) is 126 cm³/mol. The monoisotopic (exact) mass is 527 g/mol. The zero-order valence-corrected chi connectivity index (χ0v) is 21.1. The first kappa shape index (κ1) is 25.1. The summed E-state index contributed by atoms with van der Waals surface area (Å²) in [7, 11) is -3.62. The third-order valence-electron chi connectivity index (χ3n) is 6.17. The molecule has 1 aromatic rings. The van der Waals surface area contributed by atoms with Crippen molar-refractivity contribution in [3.8, 4) is 0 Å². The fraction of sp³-hybridized carbons (Fsp3) is 0.522. The molecule has 35 heavy (non-hydrogen) atoms. The lowest BCUT2D eigenvalue weighted by atomic mass is 10.1. The minimum atomic E-state index is -3.62. The van der Waals surface area contributed by atoms with E-state index in [-0.39, 0.29) is 13.2 Å². The van der Waals surface area contributed by atoms with E-state index >= 15 is 0 Å². The van der Waals surface area contributed by atoms with E-state index in [1.54, 1.807) is 23.2 Å². The van der Waals surface area contributed by atoms with Gasteiger partial charge in [0.1, 0.15) is 37.6 Å². The minimum absolute atomic E-state index is 0.0480. The summed E-state index contributed by atoms with van der Waals surface area (Å²) in [5.74, 6) is -1.34.